The van der Waals surface area contributed by atoms with E-state index in [0.29, 0.717) is 0 Å². The Morgan fingerprint density at radius 2 is 1.84 bits per heavy atom. The van der Waals surface area contributed by atoms with E-state index in [9.17, 15) is 27.9 Å². The topological polar surface area (TPSA) is 142 Å². The van der Waals surface area contributed by atoms with Crippen LogP contribution < -0.4 is 10.6 Å². The molecular weight excluding hydrogens is 438 g/mol. The predicted octanol–water partition coefficient (Wildman–Crippen LogP) is 0.739. The van der Waals surface area contributed by atoms with Crippen LogP contribution in [0.2, 0.25) is 0 Å². The van der Waals surface area contributed by atoms with Crippen molar-refractivity contribution in [3.63, 3.8) is 0 Å². The molecule has 1 aliphatic carbocycles. The van der Waals surface area contributed by atoms with E-state index in [1.807, 2.05) is 6.92 Å². The Kier molecular flexibility index (Phi) is 7.52. The second kappa shape index (κ2) is 9.97. The van der Waals surface area contributed by atoms with E-state index in [1.165, 1.54) is 12.1 Å². The zero-order valence-corrected chi connectivity index (χ0v) is 19.0. The summed E-state index contributed by atoms with van der Waals surface area (Å²) in [6, 6.07) is 2.72. The Labute approximate surface area is 187 Å². The molecule has 2 atom stereocenters. The standard InChI is InChI=1S/C21H29N3O7S/c1-13-7-8-17(9-14(13)2)32(29,30)24-11-16(25)10-18(24)20(27)31-12-19(26)23-21(28)22-15-5-3-4-6-15/h7-9,15-16,18,25H,3-6,10-12H2,1-2H3,(H2,22,23,26,28)/t16?,18-/m0/s1. The smallest absolute Gasteiger partial charge is 0.325 e. The molecule has 1 aliphatic heterocycles. The number of urea groups is 1. The van der Waals surface area contributed by atoms with Crippen LogP contribution in [-0.2, 0) is 24.3 Å². The van der Waals surface area contributed by atoms with Gasteiger partial charge in [-0.2, -0.15) is 4.31 Å². The van der Waals surface area contributed by atoms with Crippen LogP contribution in [-0.4, -0.2) is 67.1 Å². The molecule has 176 valence electrons. The van der Waals surface area contributed by atoms with Gasteiger partial charge in [0.05, 0.1) is 11.0 Å². The lowest BCUT2D eigenvalue weighted by molar-refractivity contribution is -0.151. The van der Waals surface area contributed by atoms with Gasteiger partial charge in [-0.25, -0.2) is 13.2 Å². The van der Waals surface area contributed by atoms with Gasteiger partial charge in [0.25, 0.3) is 5.91 Å². The molecule has 1 saturated carbocycles. The number of amides is 3. The largest absolute Gasteiger partial charge is 0.454 e. The van der Waals surface area contributed by atoms with Crippen molar-refractivity contribution in [3.05, 3.63) is 29.3 Å². The highest BCUT2D eigenvalue weighted by Gasteiger charge is 2.44. The van der Waals surface area contributed by atoms with Crippen LogP contribution in [0.25, 0.3) is 0 Å². The van der Waals surface area contributed by atoms with Crippen molar-refractivity contribution < 1.29 is 32.6 Å². The Balaban J connectivity index is 1.60. The molecule has 2 fully saturated rings. The van der Waals surface area contributed by atoms with Gasteiger partial charge >= 0.3 is 12.0 Å². The molecular formula is C21H29N3O7S. The van der Waals surface area contributed by atoms with Gasteiger partial charge in [-0.15, -0.1) is 0 Å². The Morgan fingerprint density at radius 1 is 1.16 bits per heavy atom. The molecule has 2 aliphatic rings. The van der Waals surface area contributed by atoms with Crippen molar-refractivity contribution in [1.82, 2.24) is 14.9 Å². The lowest BCUT2D eigenvalue weighted by atomic mass is 10.1. The third-order valence-corrected chi connectivity index (χ3v) is 7.75. The highest BCUT2D eigenvalue weighted by atomic mass is 32.2. The third kappa shape index (κ3) is 5.64. The van der Waals surface area contributed by atoms with Crippen molar-refractivity contribution in [3.8, 4) is 0 Å². The fraction of sp³-hybridized carbons (Fsp3) is 0.571. The number of carbonyl (C=O) groups excluding carboxylic acids is 3. The van der Waals surface area contributed by atoms with Gasteiger partial charge in [-0.05, 0) is 49.9 Å². The Morgan fingerprint density at radius 3 is 2.50 bits per heavy atom. The number of hydrogen-bond acceptors (Lipinski definition) is 7. The molecule has 0 radical (unpaired) electrons. The van der Waals surface area contributed by atoms with Crippen LogP contribution in [0.3, 0.4) is 0 Å². The molecule has 32 heavy (non-hydrogen) atoms. The van der Waals surface area contributed by atoms with Crippen molar-refractivity contribution in [2.24, 2.45) is 0 Å². The van der Waals surface area contributed by atoms with Gasteiger partial charge in [-0.1, -0.05) is 18.9 Å². The minimum Gasteiger partial charge on any atom is -0.454 e. The van der Waals surface area contributed by atoms with Crippen LogP contribution in [0, 0.1) is 13.8 Å². The molecule has 1 heterocycles. The maximum atomic E-state index is 13.1. The molecule has 11 heteroatoms. The van der Waals surface area contributed by atoms with Crippen LogP contribution >= 0.6 is 0 Å². The van der Waals surface area contributed by atoms with E-state index in [4.69, 9.17) is 4.74 Å². The monoisotopic (exact) mass is 467 g/mol. The zero-order chi connectivity index (χ0) is 23.5. The number of ether oxygens (including phenoxy) is 1. The molecule has 1 unspecified atom stereocenters. The number of imide groups is 1. The van der Waals surface area contributed by atoms with Gasteiger partial charge in [0.2, 0.25) is 10.0 Å². The Bertz CT molecular complexity index is 989. The summed E-state index contributed by atoms with van der Waals surface area (Å²) in [6.45, 7) is 2.64. The van der Waals surface area contributed by atoms with E-state index in [1.54, 1.807) is 13.0 Å². The second-order valence-electron chi connectivity index (χ2n) is 8.34. The van der Waals surface area contributed by atoms with Crippen LogP contribution in [0.5, 0.6) is 0 Å². The fourth-order valence-electron chi connectivity index (χ4n) is 3.96. The van der Waals surface area contributed by atoms with Crippen molar-refractivity contribution in [1.29, 1.82) is 0 Å². The number of hydrogen-bond donors (Lipinski definition) is 3. The van der Waals surface area contributed by atoms with Gasteiger partial charge in [-0.3, -0.25) is 14.9 Å². The zero-order valence-electron chi connectivity index (χ0n) is 18.2. The van der Waals surface area contributed by atoms with E-state index in [-0.39, 0.29) is 23.9 Å². The predicted molar refractivity (Wildman–Crippen MR) is 114 cm³/mol. The number of β-amino-alcohol motifs (C(OH)–C–C–N with tert-alkyl or cyclic N) is 1. The van der Waals surface area contributed by atoms with Crippen molar-refractivity contribution in [2.45, 2.75) is 69.0 Å². The number of carbonyl (C=O) groups is 3. The quantitative estimate of drug-likeness (QED) is 0.524. The number of nitrogens with one attached hydrogen (secondary N) is 2. The first-order valence-electron chi connectivity index (χ1n) is 10.6. The maximum Gasteiger partial charge on any atom is 0.325 e. The second-order valence-corrected chi connectivity index (χ2v) is 10.2. The molecule has 3 amide bonds. The van der Waals surface area contributed by atoms with E-state index in [0.717, 1.165) is 41.1 Å². The summed E-state index contributed by atoms with van der Waals surface area (Å²) < 4.78 is 32.0. The van der Waals surface area contributed by atoms with Gasteiger partial charge in [0, 0.05) is 19.0 Å². The average Bonchev–Trinajstić information content (AvgIpc) is 3.37. The molecule has 0 spiro atoms. The van der Waals surface area contributed by atoms with Crippen LogP contribution in [0.4, 0.5) is 4.79 Å². The number of aliphatic hydroxyl groups is 1. The summed E-state index contributed by atoms with van der Waals surface area (Å²) in [5, 5.41) is 14.8. The number of esters is 1. The fourth-order valence-corrected chi connectivity index (χ4v) is 5.67. The third-order valence-electron chi connectivity index (χ3n) is 5.88. The SMILES string of the molecule is Cc1ccc(S(=O)(=O)N2CC(O)C[C@H]2C(=O)OCC(=O)NC(=O)NC2CCCC2)cc1C. The number of benzene rings is 1. The van der Waals surface area contributed by atoms with Crippen LogP contribution in [0.1, 0.15) is 43.2 Å². The first-order valence-corrected chi connectivity index (χ1v) is 12.1. The first kappa shape index (κ1) is 24.1. The van der Waals surface area contributed by atoms with E-state index < -0.39 is 46.7 Å². The minimum absolute atomic E-state index is 0.00817. The van der Waals surface area contributed by atoms with Crippen LogP contribution in [0.15, 0.2) is 23.1 Å². The maximum absolute atomic E-state index is 13.1. The molecule has 1 aromatic rings. The number of rotatable bonds is 6. The summed E-state index contributed by atoms with van der Waals surface area (Å²) in [7, 11) is -4.07. The number of sulfonamides is 1. The lowest BCUT2D eigenvalue weighted by Gasteiger charge is -2.22. The van der Waals surface area contributed by atoms with Crippen molar-refractivity contribution >= 4 is 27.9 Å². The van der Waals surface area contributed by atoms with Gasteiger partial charge < -0.3 is 15.2 Å². The number of nitrogens with zero attached hydrogens (tertiary/aromatic N) is 1. The first-order chi connectivity index (χ1) is 15.1. The highest BCUT2D eigenvalue weighted by Crippen LogP contribution is 2.28. The summed E-state index contributed by atoms with van der Waals surface area (Å²) in [5.74, 6) is -1.78. The van der Waals surface area contributed by atoms with Gasteiger partial charge in [0.1, 0.15) is 6.04 Å². The van der Waals surface area contributed by atoms with E-state index in [2.05, 4.69) is 10.6 Å². The highest BCUT2D eigenvalue weighted by molar-refractivity contribution is 7.89. The normalized spacial score (nSPS) is 22.0. The molecule has 3 N–H and O–H groups in total. The molecule has 3 rings (SSSR count). The molecule has 0 aromatic heterocycles. The van der Waals surface area contributed by atoms with Crippen molar-refractivity contribution in [2.75, 3.05) is 13.2 Å². The minimum atomic E-state index is -4.07. The van der Waals surface area contributed by atoms with Gasteiger partial charge in [0.15, 0.2) is 6.61 Å². The molecule has 0 bridgehead atoms. The molecule has 10 nitrogen and oxygen atoms in total. The number of aliphatic hydroxyl groups excluding tert-OH is 1. The summed E-state index contributed by atoms with van der Waals surface area (Å²) in [6.07, 6.45) is 2.56. The average molecular weight is 468 g/mol. The summed E-state index contributed by atoms with van der Waals surface area (Å²) in [4.78, 5) is 36.3. The summed E-state index contributed by atoms with van der Waals surface area (Å²) in [5.41, 5.74) is 1.70. The summed E-state index contributed by atoms with van der Waals surface area (Å²) >= 11 is 0. The van der Waals surface area contributed by atoms with E-state index >= 15 is 0 Å². The molecule has 1 saturated heterocycles. The lowest BCUT2D eigenvalue weighted by Crippen LogP contribution is -2.46. The Hall–Kier alpha value is -2.50. The number of aryl methyl sites for hydroxylation is 2. The molecule has 1 aromatic carbocycles.